The average Bonchev–Trinajstić information content (AvgIpc) is 2.82. The van der Waals surface area contributed by atoms with Crippen LogP contribution in [0.4, 0.5) is 4.79 Å². The number of hydrogen-bond donors (Lipinski definition) is 2. The Balaban J connectivity index is 1.97. The van der Waals surface area contributed by atoms with Gasteiger partial charge < -0.3 is 20.1 Å². The van der Waals surface area contributed by atoms with Crippen LogP contribution in [0.15, 0.2) is 16.6 Å². The normalized spacial score (nSPS) is 11.8. The number of nitrogens with one attached hydrogen (secondary N) is 2. The van der Waals surface area contributed by atoms with Gasteiger partial charge >= 0.3 is 6.03 Å². The number of carbonyl (C=O) groups excluding carboxylic acids is 1. The maximum atomic E-state index is 11.3. The Morgan fingerprint density at radius 3 is 3.06 bits per heavy atom. The molecule has 0 unspecified atom stereocenters. The maximum Gasteiger partial charge on any atom is 0.315 e. The van der Waals surface area contributed by atoms with E-state index in [1.807, 2.05) is 12.1 Å². The summed E-state index contributed by atoms with van der Waals surface area (Å²) in [6.45, 7) is 0.801. The molecule has 1 aliphatic heterocycles. The molecule has 2 N–H and O–H groups in total. The molecule has 0 saturated carbocycles. The van der Waals surface area contributed by atoms with Crippen LogP contribution in [0.2, 0.25) is 0 Å². The van der Waals surface area contributed by atoms with Crippen LogP contribution < -0.4 is 20.1 Å². The van der Waals surface area contributed by atoms with Crippen molar-refractivity contribution in [2.45, 2.75) is 6.54 Å². The van der Waals surface area contributed by atoms with Crippen molar-refractivity contribution in [2.24, 2.45) is 0 Å². The zero-order valence-corrected chi connectivity index (χ0v) is 11.0. The lowest BCUT2D eigenvalue weighted by Crippen LogP contribution is -2.35. The number of hydrogen-bond acceptors (Lipinski definition) is 3. The minimum atomic E-state index is -0.304. The summed E-state index contributed by atoms with van der Waals surface area (Å²) in [4.78, 5) is 11.3. The number of ether oxygens (including phenoxy) is 2. The van der Waals surface area contributed by atoms with Gasteiger partial charge in [0.25, 0.3) is 0 Å². The third kappa shape index (κ3) is 2.87. The molecule has 0 spiro atoms. The zero-order valence-electron chi connectivity index (χ0n) is 9.46. The Morgan fingerprint density at radius 2 is 2.28 bits per heavy atom. The van der Waals surface area contributed by atoms with E-state index in [2.05, 4.69) is 32.5 Å². The Hall–Kier alpha value is -1.87. The topological polar surface area (TPSA) is 59.6 Å². The lowest BCUT2D eigenvalue weighted by Gasteiger charge is -2.07. The van der Waals surface area contributed by atoms with Gasteiger partial charge in [0.1, 0.15) is 0 Å². The van der Waals surface area contributed by atoms with E-state index < -0.39 is 0 Å². The van der Waals surface area contributed by atoms with Gasteiger partial charge in [0.2, 0.25) is 6.79 Å². The van der Waals surface area contributed by atoms with Crippen LogP contribution in [0.1, 0.15) is 5.56 Å². The van der Waals surface area contributed by atoms with Crippen LogP contribution in [0.5, 0.6) is 11.5 Å². The maximum absolute atomic E-state index is 11.3. The molecule has 1 aliphatic rings. The van der Waals surface area contributed by atoms with Crippen LogP contribution >= 0.6 is 15.9 Å². The molecule has 0 radical (unpaired) electrons. The molecule has 1 aromatic rings. The molecule has 5 nitrogen and oxygen atoms in total. The number of halogens is 1. The van der Waals surface area contributed by atoms with E-state index in [0.29, 0.717) is 18.0 Å². The van der Waals surface area contributed by atoms with Gasteiger partial charge in [-0.05, 0) is 33.6 Å². The fraction of sp³-hybridized carbons (Fsp3) is 0.250. The van der Waals surface area contributed by atoms with Crippen molar-refractivity contribution in [3.8, 4) is 23.8 Å². The molecule has 0 bridgehead atoms. The first kappa shape index (κ1) is 12.6. The molecule has 0 atom stereocenters. The quantitative estimate of drug-likeness (QED) is 0.834. The lowest BCUT2D eigenvalue weighted by atomic mass is 10.2. The van der Waals surface area contributed by atoms with Crippen molar-refractivity contribution in [2.75, 3.05) is 13.3 Å². The molecule has 6 heteroatoms. The van der Waals surface area contributed by atoms with Gasteiger partial charge in [0, 0.05) is 6.54 Å². The van der Waals surface area contributed by atoms with Gasteiger partial charge in [-0.2, -0.15) is 0 Å². The highest BCUT2D eigenvalue weighted by Gasteiger charge is 2.17. The van der Waals surface area contributed by atoms with Crippen LogP contribution in [-0.2, 0) is 6.54 Å². The predicted octanol–water partition coefficient (Wildman–Crippen LogP) is 1.61. The molecule has 0 fully saturated rings. The number of amides is 2. The molecule has 18 heavy (non-hydrogen) atoms. The number of benzene rings is 1. The van der Waals surface area contributed by atoms with E-state index in [9.17, 15) is 4.79 Å². The molecular weight excluding hydrogens is 300 g/mol. The zero-order chi connectivity index (χ0) is 13.0. The molecule has 1 heterocycles. The van der Waals surface area contributed by atoms with Crippen molar-refractivity contribution >= 4 is 22.0 Å². The Labute approximate surface area is 113 Å². The average molecular weight is 311 g/mol. The van der Waals surface area contributed by atoms with Crippen LogP contribution in [0.3, 0.4) is 0 Å². The smallest absolute Gasteiger partial charge is 0.315 e. The van der Waals surface area contributed by atoms with Crippen LogP contribution in [-0.4, -0.2) is 19.4 Å². The summed E-state index contributed by atoms with van der Waals surface area (Å²) in [7, 11) is 0. The van der Waals surface area contributed by atoms with Crippen molar-refractivity contribution in [1.29, 1.82) is 0 Å². The molecule has 0 saturated heterocycles. The predicted molar refractivity (Wildman–Crippen MR) is 69.3 cm³/mol. The number of terminal acetylenes is 1. The summed E-state index contributed by atoms with van der Waals surface area (Å²) in [6.07, 6.45) is 5.04. The standard InChI is InChI=1S/C12H11BrN2O3/c1-2-3-14-12(16)15-6-8-4-9(13)11-10(5-8)17-7-18-11/h1,4-5H,3,6-7H2,(H2,14,15,16). The number of fused-ring (bicyclic) bond motifs is 1. The van der Waals surface area contributed by atoms with Gasteiger partial charge in [-0.3, -0.25) is 0 Å². The Kier molecular flexibility index (Phi) is 3.95. The van der Waals surface area contributed by atoms with Crippen molar-refractivity contribution in [3.63, 3.8) is 0 Å². The number of rotatable bonds is 3. The van der Waals surface area contributed by atoms with E-state index >= 15 is 0 Å². The fourth-order valence-corrected chi connectivity index (χ4v) is 2.10. The van der Waals surface area contributed by atoms with Gasteiger partial charge in [0.15, 0.2) is 11.5 Å². The van der Waals surface area contributed by atoms with Crippen molar-refractivity contribution < 1.29 is 14.3 Å². The third-order valence-corrected chi connectivity index (χ3v) is 2.88. The summed E-state index contributed by atoms with van der Waals surface area (Å²) in [5, 5.41) is 5.21. The van der Waals surface area contributed by atoms with E-state index in [1.54, 1.807) is 0 Å². The van der Waals surface area contributed by atoms with Gasteiger partial charge in [-0.25, -0.2) is 4.79 Å². The summed E-state index contributed by atoms with van der Waals surface area (Å²) < 4.78 is 11.4. The third-order valence-electron chi connectivity index (χ3n) is 2.29. The summed E-state index contributed by atoms with van der Waals surface area (Å²) >= 11 is 3.39. The van der Waals surface area contributed by atoms with E-state index in [4.69, 9.17) is 15.9 Å². The summed E-state index contributed by atoms with van der Waals surface area (Å²) in [5.74, 6) is 3.69. The van der Waals surface area contributed by atoms with E-state index in [1.165, 1.54) is 0 Å². The first-order chi connectivity index (χ1) is 8.70. The molecule has 2 amide bonds. The minimum Gasteiger partial charge on any atom is -0.454 e. The second-order valence-corrected chi connectivity index (χ2v) is 4.41. The lowest BCUT2D eigenvalue weighted by molar-refractivity contribution is 0.173. The first-order valence-electron chi connectivity index (χ1n) is 5.24. The largest absolute Gasteiger partial charge is 0.454 e. The minimum absolute atomic E-state index is 0.205. The van der Waals surface area contributed by atoms with Crippen LogP contribution in [0.25, 0.3) is 0 Å². The fourth-order valence-electron chi connectivity index (χ4n) is 1.50. The van der Waals surface area contributed by atoms with E-state index in [-0.39, 0.29) is 19.4 Å². The molecular formula is C12H11BrN2O3. The van der Waals surface area contributed by atoms with Gasteiger partial charge in [-0.1, -0.05) is 5.92 Å². The van der Waals surface area contributed by atoms with Crippen molar-refractivity contribution in [3.05, 3.63) is 22.2 Å². The Morgan fingerprint density at radius 1 is 1.44 bits per heavy atom. The SMILES string of the molecule is C#CCNC(=O)NCc1cc(Br)c2c(c1)OCO2. The second kappa shape index (κ2) is 5.65. The molecule has 94 valence electrons. The van der Waals surface area contributed by atoms with Gasteiger partial charge in [-0.15, -0.1) is 6.42 Å². The van der Waals surface area contributed by atoms with E-state index in [0.717, 1.165) is 10.0 Å². The highest BCUT2D eigenvalue weighted by atomic mass is 79.9. The van der Waals surface area contributed by atoms with Crippen LogP contribution in [0, 0.1) is 12.3 Å². The summed E-state index contributed by atoms with van der Waals surface area (Å²) in [6, 6.07) is 3.39. The highest BCUT2D eigenvalue weighted by Crippen LogP contribution is 2.39. The monoisotopic (exact) mass is 310 g/mol. The second-order valence-electron chi connectivity index (χ2n) is 3.55. The number of carbonyl (C=O) groups is 1. The molecule has 0 aromatic heterocycles. The highest BCUT2D eigenvalue weighted by molar-refractivity contribution is 9.10. The van der Waals surface area contributed by atoms with Gasteiger partial charge in [0.05, 0.1) is 11.0 Å². The van der Waals surface area contributed by atoms with Crippen molar-refractivity contribution in [1.82, 2.24) is 10.6 Å². The molecule has 0 aliphatic carbocycles. The summed E-state index contributed by atoms with van der Waals surface area (Å²) in [5.41, 5.74) is 0.905. The number of urea groups is 1. The first-order valence-corrected chi connectivity index (χ1v) is 6.03. The molecule has 1 aromatic carbocycles. The Bertz CT molecular complexity index is 511. The molecule has 2 rings (SSSR count).